The lowest BCUT2D eigenvalue weighted by atomic mass is 10.0. The third-order valence-corrected chi connectivity index (χ3v) is 4.48. The third kappa shape index (κ3) is 2.61. The van der Waals surface area contributed by atoms with E-state index in [9.17, 15) is 13.5 Å². The van der Waals surface area contributed by atoms with Gasteiger partial charge in [0, 0.05) is 23.3 Å². The number of fused-ring (bicyclic) bond motifs is 1. The van der Waals surface area contributed by atoms with Gasteiger partial charge in [-0.3, -0.25) is 0 Å². The Morgan fingerprint density at radius 3 is 2.50 bits per heavy atom. The first kappa shape index (κ1) is 14.7. The number of rotatable bonds is 3. The van der Waals surface area contributed by atoms with Crippen molar-refractivity contribution in [3.05, 3.63) is 48.3 Å². The molecule has 3 aromatic rings. The standard InChI is InChI=1S/C15H15N3O3S/c1-9(19)10-2-4-11(5-3-10)12-6-13-14(22(16,20)21)8-18-15(13)17-7-12/h2-9,19H,1H3,(H,17,18)(H2,16,20,21). The van der Waals surface area contributed by atoms with E-state index in [4.69, 9.17) is 5.14 Å². The van der Waals surface area contributed by atoms with Crippen molar-refractivity contribution in [3.8, 4) is 11.1 Å². The number of benzene rings is 1. The summed E-state index contributed by atoms with van der Waals surface area (Å²) in [7, 11) is -3.81. The van der Waals surface area contributed by atoms with Crippen molar-refractivity contribution in [3.63, 3.8) is 0 Å². The number of aliphatic hydroxyl groups is 1. The van der Waals surface area contributed by atoms with Gasteiger partial charge in [-0.25, -0.2) is 18.5 Å². The lowest BCUT2D eigenvalue weighted by molar-refractivity contribution is 0.199. The Morgan fingerprint density at radius 2 is 1.91 bits per heavy atom. The van der Waals surface area contributed by atoms with Crippen molar-refractivity contribution < 1.29 is 13.5 Å². The second-order valence-electron chi connectivity index (χ2n) is 5.12. The number of H-pyrrole nitrogens is 1. The average Bonchev–Trinajstić information content (AvgIpc) is 2.90. The molecule has 7 heteroatoms. The van der Waals surface area contributed by atoms with Gasteiger partial charge in [0.15, 0.2) is 0 Å². The van der Waals surface area contributed by atoms with Crippen LogP contribution in [-0.4, -0.2) is 23.5 Å². The molecule has 2 aromatic heterocycles. The summed E-state index contributed by atoms with van der Waals surface area (Å²) >= 11 is 0. The number of nitrogens with two attached hydrogens (primary N) is 1. The summed E-state index contributed by atoms with van der Waals surface area (Å²) in [6.45, 7) is 1.70. The van der Waals surface area contributed by atoms with E-state index in [0.717, 1.165) is 16.7 Å². The van der Waals surface area contributed by atoms with Crippen molar-refractivity contribution in [2.24, 2.45) is 5.14 Å². The highest BCUT2D eigenvalue weighted by atomic mass is 32.2. The maximum Gasteiger partial charge on any atom is 0.240 e. The van der Waals surface area contributed by atoms with Crippen LogP contribution in [0.25, 0.3) is 22.2 Å². The number of aliphatic hydroxyl groups excluding tert-OH is 1. The molecule has 0 fully saturated rings. The molecular weight excluding hydrogens is 302 g/mol. The van der Waals surface area contributed by atoms with E-state index < -0.39 is 16.1 Å². The van der Waals surface area contributed by atoms with Gasteiger partial charge in [-0.2, -0.15) is 0 Å². The van der Waals surface area contributed by atoms with Crippen molar-refractivity contribution in [1.29, 1.82) is 0 Å². The summed E-state index contributed by atoms with van der Waals surface area (Å²) in [6.07, 6.45) is 2.46. The third-order valence-electron chi connectivity index (χ3n) is 3.53. The lowest BCUT2D eigenvalue weighted by Gasteiger charge is -2.06. The van der Waals surface area contributed by atoms with Gasteiger partial charge in [0.1, 0.15) is 10.5 Å². The number of aromatic amines is 1. The zero-order chi connectivity index (χ0) is 15.9. The van der Waals surface area contributed by atoms with Gasteiger partial charge in [-0.05, 0) is 24.1 Å². The molecule has 0 saturated carbocycles. The fourth-order valence-corrected chi connectivity index (χ4v) is 3.01. The lowest BCUT2D eigenvalue weighted by Crippen LogP contribution is -2.11. The fraction of sp³-hybridized carbons (Fsp3) is 0.133. The fourth-order valence-electron chi connectivity index (χ4n) is 2.33. The second kappa shape index (κ2) is 5.20. The molecule has 0 aliphatic heterocycles. The smallest absolute Gasteiger partial charge is 0.240 e. The van der Waals surface area contributed by atoms with Crippen LogP contribution in [0.1, 0.15) is 18.6 Å². The van der Waals surface area contributed by atoms with Gasteiger partial charge in [0.2, 0.25) is 10.0 Å². The van der Waals surface area contributed by atoms with Gasteiger partial charge in [-0.15, -0.1) is 0 Å². The number of hydrogen-bond donors (Lipinski definition) is 3. The molecule has 0 aliphatic carbocycles. The van der Waals surface area contributed by atoms with Crippen LogP contribution in [0.3, 0.4) is 0 Å². The summed E-state index contributed by atoms with van der Waals surface area (Å²) in [5, 5.41) is 15.2. The molecule has 4 N–H and O–H groups in total. The Labute approximate surface area is 127 Å². The van der Waals surface area contributed by atoms with Crippen LogP contribution in [0.4, 0.5) is 0 Å². The van der Waals surface area contributed by atoms with Crippen LogP contribution in [-0.2, 0) is 10.0 Å². The molecule has 22 heavy (non-hydrogen) atoms. The molecule has 2 heterocycles. The van der Waals surface area contributed by atoms with Crippen LogP contribution in [0.2, 0.25) is 0 Å². The zero-order valence-corrected chi connectivity index (χ0v) is 12.6. The molecule has 1 unspecified atom stereocenters. The molecule has 0 amide bonds. The molecule has 0 spiro atoms. The quantitative estimate of drug-likeness (QED) is 0.685. The summed E-state index contributed by atoms with van der Waals surface area (Å²) < 4.78 is 23.2. The van der Waals surface area contributed by atoms with Crippen LogP contribution < -0.4 is 5.14 Å². The number of aromatic nitrogens is 2. The van der Waals surface area contributed by atoms with Crippen LogP contribution in [0.15, 0.2) is 47.6 Å². The molecule has 1 aromatic carbocycles. The second-order valence-corrected chi connectivity index (χ2v) is 6.65. The number of nitrogens with zero attached hydrogens (tertiary/aromatic N) is 1. The van der Waals surface area contributed by atoms with Gasteiger partial charge in [-0.1, -0.05) is 24.3 Å². The highest BCUT2D eigenvalue weighted by molar-refractivity contribution is 7.89. The maximum atomic E-state index is 11.6. The molecule has 0 aliphatic rings. The molecule has 0 saturated heterocycles. The van der Waals surface area contributed by atoms with E-state index >= 15 is 0 Å². The number of pyridine rings is 1. The maximum absolute atomic E-state index is 11.6. The van der Waals surface area contributed by atoms with E-state index in [2.05, 4.69) is 9.97 Å². The Bertz CT molecular complexity index is 928. The van der Waals surface area contributed by atoms with Gasteiger partial charge in [0.25, 0.3) is 0 Å². The number of sulfonamides is 1. The van der Waals surface area contributed by atoms with E-state index in [1.54, 1.807) is 19.2 Å². The van der Waals surface area contributed by atoms with E-state index in [1.165, 1.54) is 6.20 Å². The minimum absolute atomic E-state index is 0.0254. The van der Waals surface area contributed by atoms with Crippen LogP contribution in [0, 0.1) is 0 Å². The molecular formula is C15H15N3O3S. The van der Waals surface area contributed by atoms with Crippen molar-refractivity contribution in [2.45, 2.75) is 17.9 Å². The van der Waals surface area contributed by atoms with Gasteiger partial charge >= 0.3 is 0 Å². The number of nitrogens with one attached hydrogen (secondary N) is 1. The summed E-state index contributed by atoms with van der Waals surface area (Å²) in [4.78, 5) is 7.04. The minimum atomic E-state index is -3.81. The van der Waals surface area contributed by atoms with Crippen LogP contribution >= 0.6 is 0 Å². The number of hydrogen-bond acceptors (Lipinski definition) is 4. The van der Waals surface area contributed by atoms with Crippen molar-refractivity contribution in [2.75, 3.05) is 0 Å². The summed E-state index contributed by atoms with van der Waals surface area (Å²) in [5.74, 6) is 0. The Balaban J connectivity index is 2.12. The minimum Gasteiger partial charge on any atom is -0.389 e. The monoisotopic (exact) mass is 317 g/mol. The predicted molar refractivity (Wildman–Crippen MR) is 83.5 cm³/mol. The highest BCUT2D eigenvalue weighted by Crippen LogP contribution is 2.27. The van der Waals surface area contributed by atoms with Crippen molar-refractivity contribution in [1.82, 2.24) is 9.97 Å². The Kier molecular flexibility index (Phi) is 3.48. The first-order valence-corrected chi connectivity index (χ1v) is 8.19. The normalized spacial score (nSPS) is 13.4. The molecule has 3 rings (SSSR count). The zero-order valence-electron chi connectivity index (χ0n) is 11.8. The van der Waals surface area contributed by atoms with E-state index in [0.29, 0.717) is 11.0 Å². The van der Waals surface area contributed by atoms with E-state index in [-0.39, 0.29) is 4.90 Å². The SMILES string of the molecule is CC(O)c1ccc(-c2cnc3[nH]cc(S(N)(=O)=O)c3c2)cc1. The molecule has 6 nitrogen and oxygen atoms in total. The Hall–Kier alpha value is -2.22. The van der Waals surface area contributed by atoms with Gasteiger partial charge < -0.3 is 10.1 Å². The first-order chi connectivity index (χ1) is 10.4. The van der Waals surface area contributed by atoms with Gasteiger partial charge in [0.05, 0.1) is 6.10 Å². The average molecular weight is 317 g/mol. The number of primary sulfonamides is 1. The molecule has 0 bridgehead atoms. The summed E-state index contributed by atoms with van der Waals surface area (Å²) in [6, 6.07) is 9.09. The van der Waals surface area contributed by atoms with Crippen molar-refractivity contribution >= 4 is 21.1 Å². The first-order valence-electron chi connectivity index (χ1n) is 6.64. The Morgan fingerprint density at radius 1 is 1.23 bits per heavy atom. The summed E-state index contributed by atoms with van der Waals surface area (Å²) in [5.41, 5.74) is 2.92. The topological polar surface area (TPSA) is 109 Å². The predicted octanol–water partition coefficient (Wildman–Crippen LogP) is 1.93. The molecule has 0 radical (unpaired) electrons. The molecule has 114 valence electrons. The largest absolute Gasteiger partial charge is 0.389 e. The molecule has 1 atom stereocenters. The van der Waals surface area contributed by atoms with Crippen LogP contribution in [0.5, 0.6) is 0 Å². The van der Waals surface area contributed by atoms with E-state index in [1.807, 2.05) is 24.3 Å². The highest BCUT2D eigenvalue weighted by Gasteiger charge is 2.15.